The molecule has 1 aliphatic carbocycles. The van der Waals surface area contributed by atoms with Crippen LogP contribution in [-0.2, 0) is 11.3 Å². The highest BCUT2D eigenvalue weighted by atomic mass is 16.5. The largest absolute Gasteiger partial charge is 0.487 e. The van der Waals surface area contributed by atoms with E-state index in [9.17, 15) is 5.26 Å². The van der Waals surface area contributed by atoms with Crippen LogP contribution in [0.1, 0.15) is 62.9 Å². The van der Waals surface area contributed by atoms with Crippen LogP contribution in [0.3, 0.4) is 0 Å². The first-order valence-corrected chi connectivity index (χ1v) is 16.5. The van der Waals surface area contributed by atoms with Crippen molar-refractivity contribution >= 4 is 18.0 Å². The smallest absolute Gasteiger partial charge is 0.257 e. The van der Waals surface area contributed by atoms with Crippen LogP contribution in [0.15, 0.2) is 58.7 Å². The van der Waals surface area contributed by atoms with Gasteiger partial charge in [-0.1, -0.05) is 6.07 Å². The molecule has 4 aromatic rings. The summed E-state index contributed by atoms with van der Waals surface area (Å²) < 4.78 is 25.3. The van der Waals surface area contributed by atoms with E-state index in [-0.39, 0.29) is 18.8 Å². The number of oxazole rings is 1. The van der Waals surface area contributed by atoms with Crippen molar-refractivity contribution in [2.24, 2.45) is 10.7 Å². The van der Waals surface area contributed by atoms with Crippen LogP contribution in [0.5, 0.6) is 11.6 Å². The highest BCUT2D eigenvalue weighted by Gasteiger charge is 2.42. The average molecular weight is 653 g/mol. The molecule has 0 radical (unpaired) electrons. The third-order valence-corrected chi connectivity index (χ3v) is 9.40. The number of ether oxygens (including phenoxy) is 3. The van der Waals surface area contributed by atoms with E-state index in [2.05, 4.69) is 36.2 Å². The van der Waals surface area contributed by atoms with Gasteiger partial charge in [0, 0.05) is 36.1 Å². The van der Waals surface area contributed by atoms with Crippen molar-refractivity contribution in [2.45, 2.75) is 82.3 Å². The van der Waals surface area contributed by atoms with Crippen molar-refractivity contribution in [1.82, 2.24) is 29.6 Å². The third-order valence-electron chi connectivity index (χ3n) is 9.40. The first-order chi connectivity index (χ1) is 23.6. The van der Waals surface area contributed by atoms with Crippen LogP contribution in [0.4, 0.5) is 11.6 Å². The fourth-order valence-electron chi connectivity index (χ4n) is 7.10. The summed E-state index contributed by atoms with van der Waals surface area (Å²) >= 11 is 0. The van der Waals surface area contributed by atoms with Gasteiger partial charge in [0.05, 0.1) is 50.1 Å². The summed E-state index contributed by atoms with van der Waals surface area (Å²) in [6.45, 7) is 4.13. The van der Waals surface area contributed by atoms with Gasteiger partial charge < -0.3 is 29.7 Å². The fraction of sp³-hybridized carbons (Fsp3) is 0.471. The van der Waals surface area contributed by atoms with Crippen LogP contribution in [0.2, 0.25) is 0 Å². The SMILES string of the molecule is C[C@@H](CN=CN)Oc1cc(-c2cnc(Nc3cn(C4CCC(N5[C@@H]6CC[C@H]5COC6)CC4)nc3OCc3ncco3)nc2)ccc1C#N. The van der Waals surface area contributed by atoms with E-state index in [0.717, 1.165) is 50.0 Å². The van der Waals surface area contributed by atoms with E-state index >= 15 is 0 Å². The van der Waals surface area contributed by atoms with E-state index in [1.807, 2.05) is 29.9 Å². The normalized spacial score (nSPS) is 23.2. The number of nitrogens with zero attached hydrogens (tertiary/aromatic N) is 8. The molecule has 14 heteroatoms. The summed E-state index contributed by atoms with van der Waals surface area (Å²) in [6.07, 6.45) is 16.4. The molecule has 1 saturated carbocycles. The second kappa shape index (κ2) is 14.4. The standard InChI is InChI=1S/C34H40N10O4/c1-22(14-37-21-36)48-31-12-23(2-3-24(31)13-35)25-15-39-34(40-16-25)41-30-17-43(42-33(30)47-20-32-38-10-11-46-32)26-4-6-27(7-5-26)44-28-8-9-29(44)19-45-18-28/h2-3,10-12,15-17,21-22,26-29H,4-9,14,18-20H2,1H3,(H2,36,37)(H,39,40,41)/t22-,26?,27?,28-,29+/m0/s1. The van der Waals surface area contributed by atoms with Gasteiger partial charge in [-0.25, -0.2) is 15.0 Å². The molecule has 2 saturated heterocycles. The number of benzene rings is 1. The van der Waals surface area contributed by atoms with E-state index in [0.29, 0.717) is 59.4 Å². The Morgan fingerprint density at radius 3 is 2.52 bits per heavy atom. The number of aliphatic imine (C=N–C) groups is 1. The second-order valence-corrected chi connectivity index (χ2v) is 12.6. The van der Waals surface area contributed by atoms with Crippen molar-refractivity contribution in [3.8, 4) is 28.8 Å². The molecule has 0 unspecified atom stereocenters. The predicted octanol–water partition coefficient (Wildman–Crippen LogP) is 4.62. The lowest BCUT2D eigenvalue weighted by atomic mass is 9.89. The van der Waals surface area contributed by atoms with E-state index < -0.39 is 0 Å². The Balaban J connectivity index is 1.05. The summed E-state index contributed by atoms with van der Waals surface area (Å²) in [6, 6.07) is 9.58. The summed E-state index contributed by atoms with van der Waals surface area (Å²) in [4.78, 5) is 20.1. The summed E-state index contributed by atoms with van der Waals surface area (Å²) in [7, 11) is 0. The maximum atomic E-state index is 9.59. The number of nitriles is 1. The quantitative estimate of drug-likeness (QED) is 0.161. The minimum atomic E-state index is -0.259. The third kappa shape index (κ3) is 6.97. The molecule has 0 spiro atoms. The van der Waals surface area contributed by atoms with Crippen LogP contribution >= 0.6 is 0 Å². The zero-order valence-electron chi connectivity index (χ0n) is 26.9. The van der Waals surface area contributed by atoms with Crippen LogP contribution in [-0.4, -0.2) is 80.0 Å². The number of aromatic nitrogens is 5. The lowest BCUT2D eigenvalue weighted by Crippen LogP contribution is -2.52. The topological polar surface area (TPSA) is 175 Å². The predicted molar refractivity (Wildman–Crippen MR) is 177 cm³/mol. The molecule has 1 aromatic carbocycles. The Kier molecular flexibility index (Phi) is 9.48. The molecule has 7 rings (SSSR count). The molecule has 14 nitrogen and oxygen atoms in total. The number of nitrogens with two attached hydrogens (primary N) is 1. The number of hydrogen-bond acceptors (Lipinski definition) is 12. The zero-order valence-corrected chi connectivity index (χ0v) is 26.9. The van der Waals surface area contributed by atoms with Crippen molar-refractivity contribution < 1.29 is 18.6 Å². The molecular formula is C34H40N10O4. The van der Waals surface area contributed by atoms with Gasteiger partial charge in [-0.15, -0.1) is 5.10 Å². The molecule has 2 aliphatic heterocycles. The van der Waals surface area contributed by atoms with Gasteiger partial charge in [-0.05, 0) is 63.1 Å². The van der Waals surface area contributed by atoms with E-state index in [4.69, 9.17) is 29.5 Å². The number of morpholine rings is 1. The maximum Gasteiger partial charge on any atom is 0.257 e. The molecule has 3 aromatic heterocycles. The average Bonchev–Trinajstić information content (AvgIpc) is 3.84. The van der Waals surface area contributed by atoms with E-state index in [1.54, 1.807) is 24.7 Å². The molecule has 2 bridgehead atoms. The number of hydrogen-bond donors (Lipinski definition) is 2. The Labute approximate surface area is 278 Å². The van der Waals surface area contributed by atoms with Gasteiger partial charge >= 0.3 is 0 Å². The fourth-order valence-corrected chi connectivity index (χ4v) is 7.10. The second-order valence-electron chi connectivity index (χ2n) is 12.6. The summed E-state index contributed by atoms with van der Waals surface area (Å²) in [5, 5.41) is 17.7. The Bertz CT molecular complexity index is 1710. The highest BCUT2D eigenvalue weighted by Crippen LogP contribution is 2.39. The van der Waals surface area contributed by atoms with Gasteiger partial charge in [0.2, 0.25) is 11.8 Å². The maximum absolute atomic E-state index is 9.59. The van der Waals surface area contributed by atoms with Crippen molar-refractivity contribution in [3.05, 3.63) is 60.7 Å². The van der Waals surface area contributed by atoms with E-state index in [1.165, 1.54) is 25.4 Å². The van der Waals surface area contributed by atoms with Gasteiger partial charge in [0.1, 0.15) is 29.9 Å². The number of nitrogens with one attached hydrogen (secondary N) is 1. The summed E-state index contributed by atoms with van der Waals surface area (Å²) in [5.41, 5.74) is 8.03. The minimum absolute atomic E-state index is 0.144. The first-order valence-electron chi connectivity index (χ1n) is 16.5. The van der Waals surface area contributed by atoms with Crippen LogP contribution in [0, 0.1) is 11.3 Å². The Morgan fingerprint density at radius 1 is 1.06 bits per heavy atom. The van der Waals surface area contributed by atoms with Gasteiger partial charge in [-0.2, -0.15) is 5.26 Å². The van der Waals surface area contributed by atoms with Gasteiger partial charge in [-0.3, -0.25) is 14.6 Å². The monoisotopic (exact) mass is 652 g/mol. The molecule has 5 heterocycles. The highest BCUT2D eigenvalue weighted by molar-refractivity contribution is 5.67. The molecule has 0 amide bonds. The van der Waals surface area contributed by atoms with Crippen molar-refractivity contribution in [1.29, 1.82) is 5.26 Å². The van der Waals surface area contributed by atoms with Crippen LogP contribution < -0.4 is 20.5 Å². The molecule has 3 atom stereocenters. The minimum Gasteiger partial charge on any atom is -0.487 e. The van der Waals surface area contributed by atoms with Crippen molar-refractivity contribution in [2.75, 3.05) is 25.1 Å². The molecule has 3 aliphatic rings. The molecule has 3 N–H and O–H groups in total. The zero-order chi connectivity index (χ0) is 32.9. The number of fused-ring (bicyclic) bond motifs is 2. The Hall–Kier alpha value is -5.00. The molecule has 250 valence electrons. The molecule has 48 heavy (non-hydrogen) atoms. The van der Waals surface area contributed by atoms with Crippen molar-refractivity contribution in [3.63, 3.8) is 0 Å². The van der Waals surface area contributed by atoms with Gasteiger partial charge in [0.15, 0.2) is 6.61 Å². The lowest BCUT2D eigenvalue weighted by molar-refractivity contribution is -0.0458. The van der Waals surface area contributed by atoms with Gasteiger partial charge in [0.25, 0.3) is 5.88 Å². The summed E-state index contributed by atoms with van der Waals surface area (Å²) in [5.74, 6) is 1.74. The number of rotatable bonds is 12. The Morgan fingerprint density at radius 2 is 1.81 bits per heavy atom. The molecular weight excluding hydrogens is 612 g/mol. The molecule has 3 fully saturated rings. The first kappa shape index (κ1) is 31.6. The lowest BCUT2D eigenvalue weighted by Gasteiger charge is -2.43. The number of anilines is 2. The van der Waals surface area contributed by atoms with Crippen LogP contribution in [0.25, 0.3) is 11.1 Å².